The monoisotopic (exact) mass is 265 g/mol. The number of piperidine rings is 1. The van der Waals surface area contributed by atoms with Crippen LogP contribution in [-0.4, -0.2) is 34.5 Å². The maximum absolute atomic E-state index is 12.7. The van der Waals surface area contributed by atoms with Crippen LogP contribution in [0.3, 0.4) is 0 Å². The molecule has 0 radical (unpaired) electrons. The Morgan fingerprint density at radius 1 is 1.21 bits per heavy atom. The molecule has 1 N–H and O–H groups in total. The molecular formula is C13H10N2O4. The first-order valence-corrected chi connectivity index (χ1v) is 5.19. The van der Waals surface area contributed by atoms with Crippen LogP contribution >= 0.6 is 0 Å². The van der Waals surface area contributed by atoms with Gasteiger partial charge in [0, 0.05) is 9.16 Å². The van der Waals surface area contributed by atoms with E-state index in [0.29, 0.717) is 0 Å². The van der Waals surface area contributed by atoms with E-state index in [4.69, 9.17) is 9.60 Å². The van der Waals surface area contributed by atoms with E-state index in [2.05, 4.69) is 0 Å². The molecule has 2 aliphatic rings. The number of nitrogens with one attached hydrogen (secondary N) is 1. The Balaban J connectivity index is 2.26. The quantitative estimate of drug-likeness (QED) is 0.729. The van der Waals surface area contributed by atoms with Gasteiger partial charge in [-0.1, -0.05) is 12.1 Å². The van der Waals surface area contributed by atoms with Gasteiger partial charge >= 0.3 is 0 Å². The Morgan fingerprint density at radius 2 is 1.79 bits per heavy atom. The van der Waals surface area contributed by atoms with Crippen LogP contribution < -0.4 is 5.32 Å². The van der Waals surface area contributed by atoms with E-state index >= 15 is 0 Å². The van der Waals surface area contributed by atoms with Crippen LogP contribution in [0.25, 0.3) is 0 Å². The first kappa shape index (κ1) is 6.10. The molecule has 0 aromatic heterocycles. The van der Waals surface area contributed by atoms with Gasteiger partial charge in [-0.2, -0.15) is 0 Å². The molecule has 96 valence electrons. The standard InChI is InChI=1S/C13H10N2O4/c16-10-6-5-9(11(17)14-10)15-12(18)7-3-1-2-4-8(7)13(15)19/h1-4,9H,5-6H2,(H,14,16,17)/i1D,2D,3D,4D,5D2,9D. The van der Waals surface area contributed by atoms with E-state index in [1.54, 1.807) is 5.32 Å². The number of amides is 4. The number of nitrogens with zero attached hydrogens (tertiary/aromatic N) is 1. The van der Waals surface area contributed by atoms with Gasteiger partial charge in [0.1, 0.15) is 6.02 Å². The predicted octanol–water partition coefficient (Wildman–Crippen LogP) is 0.0878. The third kappa shape index (κ3) is 1.64. The summed E-state index contributed by atoms with van der Waals surface area (Å²) in [5.41, 5.74) is -1.48. The molecule has 1 aromatic rings. The van der Waals surface area contributed by atoms with E-state index in [-0.39, 0.29) is 4.90 Å². The molecule has 1 aromatic carbocycles. The zero-order chi connectivity index (χ0) is 19.8. The highest BCUT2D eigenvalue weighted by molar-refractivity contribution is 6.23. The lowest BCUT2D eigenvalue weighted by Crippen LogP contribution is -2.54. The van der Waals surface area contributed by atoms with Crippen LogP contribution in [0.15, 0.2) is 24.2 Å². The highest BCUT2D eigenvalue weighted by Gasteiger charge is 2.44. The molecule has 0 spiro atoms. The Labute approximate surface area is 118 Å². The molecule has 3 rings (SSSR count). The smallest absolute Gasteiger partial charge is 0.262 e. The molecule has 1 saturated heterocycles. The Hall–Kier alpha value is -2.50. The van der Waals surface area contributed by atoms with E-state index in [9.17, 15) is 19.2 Å². The summed E-state index contributed by atoms with van der Waals surface area (Å²) in [7, 11) is 0. The third-order valence-corrected chi connectivity index (χ3v) is 2.63. The van der Waals surface area contributed by atoms with Crippen molar-refractivity contribution in [2.45, 2.75) is 18.8 Å². The molecule has 0 bridgehead atoms. The number of hydrogen-bond acceptors (Lipinski definition) is 4. The van der Waals surface area contributed by atoms with Gasteiger partial charge in [0.05, 0.1) is 18.0 Å². The van der Waals surface area contributed by atoms with Gasteiger partial charge in [-0.25, -0.2) is 0 Å². The summed E-state index contributed by atoms with van der Waals surface area (Å²) in [6.07, 6.45) is -3.90. The zero-order valence-electron chi connectivity index (χ0n) is 16.3. The van der Waals surface area contributed by atoms with Crippen molar-refractivity contribution < 1.29 is 28.8 Å². The minimum atomic E-state index is -3.16. The van der Waals surface area contributed by atoms with E-state index < -0.39 is 77.7 Å². The summed E-state index contributed by atoms with van der Waals surface area (Å²) in [6.45, 7) is 0. The largest absolute Gasteiger partial charge is 0.295 e. The molecule has 6 heteroatoms. The molecular weight excluding hydrogens is 248 g/mol. The highest BCUT2D eigenvalue weighted by atomic mass is 16.2. The van der Waals surface area contributed by atoms with E-state index in [0.717, 1.165) is 0 Å². The summed E-state index contributed by atoms with van der Waals surface area (Å²) < 4.78 is 54.7. The van der Waals surface area contributed by atoms with Crippen LogP contribution in [0.4, 0.5) is 0 Å². The summed E-state index contributed by atoms with van der Waals surface area (Å²) in [6, 6.07) is -6.40. The van der Waals surface area contributed by atoms with E-state index in [1.165, 1.54) is 0 Å². The first-order chi connectivity index (χ1) is 11.9. The average Bonchev–Trinajstić information content (AvgIpc) is 2.79. The predicted molar refractivity (Wildman–Crippen MR) is 63.1 cm³/mol. The molecule has 0 saturated carbocycles. The van der Waals surface area contributed by atoms with Gasteiger partial charge in [-0.15, -0.1) is 0 Å². The van der Waals surface area contributed by atoms with Crippen LogP contribution in [0, 0.1) is 0 Å². The fraction of sp³-hybridized carbons (Fsp3) is 0.231. The van der Waals surface area contributed by atoms with Gasteiger partial charge in [0.25, 0.3) is 11.8 Å². The van der Waals surface area contributed by atoms with E-state index in [1.807, 2.05) is 0 Å². The number of imide groups is 2. The number of hydrogen-bond donors (Lipinski definition) is 1. The van der Waals surface area contributed by atoms with Gasteiger partial charge in [-0.05, 0) is 18.5 Å². The lowest BCUT2D eigenvalue weighted by Gasteiger charge is -2.27. The van der Waals surface area contributed by atoms with Crippen LogP contribution in [0.5, 0.6) is 0 Å². The molecule has 2 aliphatic heterocycles. The van der Waals surface area contributed by atoms with Crippen molar-refractivity contribution >= 4 is 23.6 Å². The minimum Gasteiger partial charge on any atom is -0.295 e. The molecule has 0 aliphatic carbocycles. The molecule has 6 nitrogen and oxygen atoms in total. The number of rotatable bonds is 1. The van der Waals surface area contributed by atoms with Crippen molar-refractivity contribution in [3.63, 3.8) is 0 Å². The number of fused-ring (bicyclic) bond motifs is 1. The van der Waals surface area contributed by atoms with Crippen molar-refractivity contribution in [1.82, 2.24) is 10.2 Å². The van der Waals surface area contributed by atoms with Crippen LogP contribution in [-0.2, 0) is 9.59 Å². The molecule has 1 unspecified atom stereocenters. The summed E-state index contributed by atoms with van der Waals surface area (Å²) in [4.78, 5) is 48.9. The fourth-order valence-electron chi connectivity index (χ4n) is 1.81. The topological polar surface area (TPSA) is 83.6 Å². The van der Waals surface area contributed by atoms with Crippen molar-refractivity contribution in [3.8, 4) is 0 Å². The highest BCUT2D eigenvalue weighted by Crippen LogP contribution is 2.26. The normalized spacial score (nSPS) is 34.3. The van der Waals surface area contributed by atoms with Gasteiger partial charge in [-0.3, -0.25) is 29.4 Å². The number of carbonyl (C=O) groups is 4. The molecule has 4 amide bonds. The van der Waals surface area contributed by atoms with Crippen molar-refractivity contribution in [3.05, 3.63) is 35.3 Å². The fourth-order valence-corrected chi connectivity index (χ4v) is 1.81. The molecule has 1 fully saturated rings. The lowest BCUT2D eigenvalue weighted by molar-refractivity contribution is -0.136. The first-order valence-electron chi connectivity index (χ1n) is 8.69. The molecule has 19 heavy (non-hydrogen) atoms. The summed E-state index contributed by atoms with van der Waals surface area (Å²) in [5, 5.41) is 1.70. The number of carbonyl (C=O) groups excluding carboxylic acids is 4. The second-order valence-electron chi connectivity index (χ2n) is 3.78. The number of benzene rings is 1. The Bertz CT molecular complexity index is 885. The molecule has 2 heterocycles. The van der Waals surface area contributed by atoms with Crippen LogP contribution in [0.2, 0.25) is 0 Å². The van der Waals surface area contributed by atoms with Gasteiger partial charge < -0.3 is 0 Å². The SMILES string of the molecule is [2H]c1c([2H])c([2H])c2c(c1[2H])C(=O)N(C1([2H])C(=O)NC(=O)CC1([2H])[2H])C2=O. The Kier molecular flexibility index (Phi) is 1.29. The van der Waals surface area contributed by atoms with Gasteiger partial charge in [0.15, 0.2) is 0 Å². The maximum Gasteiger partial charge on any atom is 0.262 e. The zero-order valence-corrected chi connectivity index (χ0v) is 9.29. The lowest BCUT2D eigenvalue weighted by atomic mass is 10.0. The third-order valence-electron chi connectivity index (χ3n) is 2.63. The second kappa shape index (κ2) is 4.01. The second-order valence-corrected chi connectivity index (χ2v) is 3.78. The van der Waals surface area contributed by atoms with Gasteiger partial charge in [0.2, 0.25) is 11.8 Å². The van der Waals surface area contributed by atoms with Crippen molar-refractivity contribution in [1.29, 1.82) is 0 Å². The molecule has 1 atom stereocenters. The minimum absolute atomic E-state index is 0.0472. The Morgan fingerprint density at radius 3 is 2.32 bits per heavy atom. The van der Waals surface area contributed by atoms with Crippen LogP contribution in [0.1, 0.15) is 43.1 Å². The maximum atomic E-state index is 12.7. The summed E-state index contributed by atoms with van der Waals surface area (Å²) in [5.74, 6) is -5.37. The average molecular weight is 265 g/mol. The van der Waals surface area contributed by atoms with Crippen molar-refractivity contribution in [2.75, 3.05) is 0 Å². The summed E-state index contributed by atoms with van der Waals surface area (Å²) >= 11 is 0. The van der Waals surface area contributed by atoms with Crippen molar-refractivity contribution in [2.24, 2.45) is 0 Å².